The highest BCUT2D eigenvalue weighted by Crippen LogP contribution is 2.23. The Labute approximate surface area is 108 Å². The Hall–Kier alpha value is -2.76. The van der Waals surface area contributed by atoms with Crippen LogP contribution in [0, 0.1) is 10.1 Å². The van der Waals surface area contributed by atoms with Crippen LogP contribution in [0.15, 0.2) is 48.5 Å². The van der Waals surface area contributed by atoms with Gasteiger partial charge in [0.05, 0.1) is 17.0 Å². The molecule has 0 aliphatic rings. The van der Waals surface area contributed by atoms with E-state index in [1.54, 1.807) is 16.8 Å². The van der Waals surface area contributed by atoms with Gasteiger partial charge < -0.3 is 0 Å². The minimum atomic E-state index is -0.441. The SMILES string of the molecule is O=[N+]([O-])c1cccc2c1nnn2Cc1ccccc1. The first-order chi connectivity index (χ1) is 9.25. The number of aromatic nitrogens is 3. The van der Waals surface area contributed by atoms with E-state index >= 15 is 0 Å². The molecule has 0 unspecified atom stereocenters. The van der Waals surface area contributed by atoms with Crippen LogP contribution >= 0.6 is 0 Å². The molecular weight excluding hydrogens is 244 g/mol. The molecule has 1 heterocycles. The predicted octanol–water partition coefficient (Wildman–Crippen LogP) is 2.39. The fourth-order valence-electron chi connectivity index (χ4n) is 2.00. The summed E-state index contributed by atoms with van der Waals surface area (Å²) >= 11 is 0. The van der Waals surface area contributed by atoms with E-state index in [0.717, 1.165) is 5.56 Å². The van der Waals surface area contributed by atoms with E-state index in [1.165, 1.54) is 6.07 Å². The Morgan fingerprint density at radius 3 is 2.63 bits per heavy atom. The lowest BCUT2D eigenvalue weighted by Crippen LogP contribution is -2.01. The van der Waals surface area contributed by atoms with Crippen molar-refractivity contribution in [3.05, 3.63) is 64.2 Å². The average molecular weight is 254 g/mol. The van der Waals surface area contributed by atoms with Crippen LogP contribution in [0.25, 0.3) is 11.0 Å². The molecule has 0 bridgehead atoms. The molecule has 0 saturated heterocycles. The minimum absolute atomic E-state index is 0.0168. The predicted molar refractivity (Wildman–Crippen MR) is 69.7 cm³/mol. The number of hydrogen-bond donors (Lipinski definition) is 0. The zero-order valence-corrected chi connectivity index (χ0v) is 9.93. The summed E-state index contributed by atoms with van der Waals surface area (Å²) in [7, 11) is 0. The first-order valence-corrected chi connectivity index (χ1v) is 5.76. The third-order valence-electron chi connectivity index (χ3n) is 2.90. The molecule has 6 heteroatoms. The topological polar surface area (TPSA) is 73.8 Å². The summed E-state index contributed by atoms with van der Waals surface area (Å²) in [6, 6.07) is 14.6. The lowest BCUT2D eigenvalue weighted by Gasteiger charge is -2.01. The molecule has 2 aromatic carbocycles. The zero-order chi connectivity index (χ0) is 13.2. The summed E-state index contributed by atoms with van der Waals surface area (Å²) in [6.45, 7) is 0.540. The second-order valence-electron chi connectivity index (χ2n) is 4.13. The van der Waals surface area contributed by atoms with Gasteiger partial charge in [0.25, 0.3) is 5.69 Å². The van der Waals surface area contributed by atoms with E-state index in [4.69, 9.17) is 0 Å². The van der Waals surface area contributed by atoms with Crippen molar-refractivity contribution in [2.75, 3.05) is 0 Å². The number of nitrogens with zero attached hydrogens (tertiary/aromatic N) is 4. The van der Waals surface area contributed by atoms with Crippen LogP contribution in [0.5, 0.6) is 0 Å². The van der Waals surface area contributed by atoms with Crippen molar-refractivity contribution in [1.29, 1.82) is 0 Å². The van der Waals surface area contributed by atoms with E-state index in [0.29, 0.717) is 17.6 Å². The number of rotatable bonds is 3. The normalized spacial score (nSPS) is 10.7. The summed E-state index contributed by atoms with van der Waals surface area (Å²) in [4.78, 5) is 10.5. The second-order valence-corrected chi connectivity index (χ2v) is 4.13. The van der Waals surface area contributed by atoms with Crippen molar-refractivity contribution in [2.24, 2.45) is 0 Å². The van der Waals surface area contributed by atoms with Gasteiger partial charge in [0, 0.05) is 6.07 Å². The molecule has 94 valence electrons. The van der Waals surface area contributed by atoms with Gasteiger partial charge in [-0.2, -0.15) is 0 Å². The summed E-state index contributed by atoms with van der Waals surface area (Å²) in [5, 5.41) is 18.8. The van der Waals surface area contributed by atoms with E-state index in [9.17, 15) is 10.1 Å². The largest absolute Gasteiger partial charge is 0.299 e. The number of fused-ring (bicyclic) bond motifs is 1. The second kappa shape index (κ2) is 4.49. The number of benzene rings is 2. The first-order valence-electron chi connectivity index (χ1n) is 5.76. The minimum Gasteiger partial charge on any atom is -0.258 e. The Bertz CT molecular complexity index is 737. The van der Waals surface area contributed by atoms with E-state index in [-0.39, 0.29) is 5.69 Å². The molecular formula is C13H10N4O2. The lowest BCUT2D eigenvalue weighted by atomic mass is 10.2. The van der Waals surface area contributed by atoms with Crippen LogP contribution in [-0.4, -0.2) is 19.9 Å². The molecule has 0 fully saturated rings. The molecule has 0 radical (unpaired) electrons. The molecule has 0 spiro atoms. The quantitative estimate of drug-likeness (QED) is 0.531. The fraction of sp³-hybridized carbons (Fsp3) is 0.0769. The lowest BCUT2D eigenvalue weighted by molar-refractivity contribution is -0.383. The number of hydrogen-bond acceptors (Lipinski definition) is 4. The number of nitro groups is 1. The number of nitro benzene ring substituents is 1. The molecule has 3 aromatic rings. The van der Waals surface area contributed by atoms with Crippen LogP contribution in [0.4, 0.5) is 5.69 Å². The van der Waals surface area contributed by atoms with Crippen LogP contribution in [0.3, 0.4) is 0 Å². The maximum absolute atomic E-state index is 10.9. The maximum Gasteiger partial charge on any atom is 0.299 e. The monoisotopic (exact) mass is 254 g/mol. The standard InChI is InChI=1S/C13H10N4O2/c18-17(19)12-8-4-7-11-13(12)14-15-16(11)9-10-5-2-1-3-6-10/h1-8H,9H2. The van der Waals surface area contributed by atoms with Gasteiger partial charge in [0.1, 0.15) is 0 Å². The average Bonchev–Trinajstić information content (AvgIpc) is 2.83. The highest BCUT2D eigenvalue weighted by molar-refractivity contribution is 5.83. The van der Waals surface area contributed by atoms with Crippen molar-refractivity contribution in [3.8, 4) is 0 Å². The summed E-state index contributed by atoms with van der Waals surface area (Å²) in [5.41, 5.74) is 2.04. The number of non-ortho nitro benzene ring substituents is 1. The van der Waals surface area contributed by atoms with Gasteiger partial charge in [-0.3, -0.25) is 10.1 Å². The maximum atomic E-state index is 10.9. The Balaban J connectivity index is 2.07. The fourth-order valence-corrected chi connectivity index (χ4v) is 2.00. The van der Waals surface area contributed by atoms with Gasteiger partial charge in [0.15, 0.2) is 5.52 Å². The van der Waals surface area contributed by atoms with Crippen LogP contribution in [-0.2, 0) is 6.54 Å². The summed E-state index contributed by atoms with van der Waals surface area (Å²) in [5.74, 6) is 0. The summed E-state index contributed by atoms with van der Waals surface area (Å²) < 4.78 is 1.66. The molecule has 3 rings (SSSR count). The van der Waals surface area contributed by atoms with Crippen molar-refractivity contribution in [2.45, 2.75) is 6.54 Å². The van der Waals surface area contributed by atoms with Crippen LogP contribution < -0.4 is 0 Å². The van der Waals surface area contributed by atoms with Gasteiger partial charge in [-0.25, -0.2) is 4.68 Å². The molecule has 0 amide bonds. The van der Waals surface area contributed by atoms with Gasteiger partial charge in [-0.15, -0.1) is 5.10 Å². The summed E-state index contributed by atoms with van der Waals surface area (Å²) in [6.07, 6.45) is 0. The van der Waals surface area contributed by atoms with Crippen molar-refractivity contribution in [3.63, 3.8) is 0 Å². The molecule has 6 nitrogen and oxygen atoms in total. The van der Waals surface area contributed by atoms with Gasteiger partial charge in [-0.05, 0) is 11.6 Å². The van der Waals surface area contributed by atoms with E-state index in [2.05, 4.69) is 10.3 Å². The van der Waals surface area contributed by atoms with Crippen LogP contribution in [0.2, 0.25) is 0 Å². The van der Waals surface area contributed by atoms with Gasteiger partial charge in [0.2, 0.25) is 0 Å². The van der Waals surface area contributed by atoms with Crippen molar-refractivity contribution >= 4 is 16.7 Å². The molecule has 0 aliphatic carbocycles. The van der Waals surface area contributed by atoms with Crippen molar-refractivity contribution in [1.82, 2.24) is 15.0 Å². The molecule has 1 aromatic heterocycles. The highest BCUT2D eigenvalue weighted by Gasteiger charge is 2.16. The molecule has 0 atom stereocenters. The Kier molecular flexibility index (Phi) is 2.68. The highest BCUT2D eigenvalue weighted by atomic mass is 16.6. The Morgan fingerprint density at radius 2 is 1.89 bits per heavy atom. The van der Waals surface area contributed by atoms with E-state index in [1.807, 2.05) is 30.3 Å². The molecule has 0 N–H and O–H groups in total. The van der Waals surface area contributed by atoms with Crippen molar-refractivity contribution < 1.29 is 4.92 Å². The van der Waals surface area contributed by atoms with Crippen LogP contribution in [0.1, 0.15) is 5.56 Å². The molecule has 0 aliphatic heterocycles. The molecule has 0 saturated carbocycles. The molecule has 19 heavy (non-hydrogen) atoms. The smallest absolute Gasteiger partial charge is 0.258 e. The third kappa shape index (κ3) is 2.03. The van der Waals surface area contributed by atoms with E-state index < -0.39 is 4.92 Å². The van der Waals surface area contributed by atoms with Gasteiger partial charge in [-0.1, -0.05) is 41.6 Å². The zero-order valence-electron chi connectivity index (χ0n) is 9.93. The Morgan fingerprint density at radius 1 is 1.11 bits per heavy atom. The third-order valence-corrected chi connectivity index (χ3v) is 2.90. The first kappa shape index (κ1) is 11.3. The van der Waals surface area contributed by atoms with Gasteiger partial charge >= 0.3 is 0 Å².